The summed E-state index contributed by atoms with van der Waals surface area (Å²) in [7, 11) is 0. The topological polar surface area (TPSA) is 62.7 Å². The fraction of sp³-hybridized carbons (Fsp3) is 0.688. The maximum atomic E-state index is 12.7. The van der Waals surface area contributed by atoms with E-state index >= 15 is 0 Å². The lowest BCUT2D eigenvalue weighted by Gasteiger charge is -2.38. The van der Waals surface area contributed by atoms with Crippen LogP contribution >= 0.6 is 0 Å². The molecule has 1 saturated heterocycles. The summed E-state index contributed by atoms with van der Waals surface area (Å²) in [6.45, 7) is 11.9. The molecule has 2 N–H and O–H groups in total. The number of hydrogen-bond donors (Lipinski definition) is 1. The lowest BCUT2D eigenvalue weighted by molar-refractivity contribution is 0.0569. The number of nitrogens with two attached hydrogens (primary N) is 1. The Morgan fingerprint density at radius 3 is 2.24 bits per heavy atom. The molecule has 0 aromatic carbocycles. The summed E-state index contributed by atoms with van der Waals surface area (Å²) < 4.78 is 5.58. The second-order valence-electron chi connectivity index (χ2n) is 5.84. The monoisotopic (exact) mass is 293 g/mol. The Kier molecular flexibility index (Phi) is 5.06. The molecule has 1 aliphatic rings. The maximum absolute atomic E-state index is 12.7. The average molecular weight is 293 g/mol. The van der Waals surface area contributed by atoms with Gasteiger partial charge in [0.05, 0.1) is 5.56 Å². The van der Waals surface area contributed by atoms with Crippen LogP contribution in [-0.2, 0) is 0 Å². The lowest BCUT2D eigenvalue weighted by Crippen LogP contribution is -2.53. The number of carbonyl (C=O) groups excluding carboxylic acids is 1. The summed E-state index contributed by atoms with van der Waals surface area (Å²) in [4.78, 5) is 17.0. The highest BCUT2D eigenvalue weighted by Gasteiger charge is 2.28. The molecule has 1 atom stereocenters. The predicted molar refractivity (Wildman–Crippen MR) is 83.5 cm³/mol. The first kappa shape index (κ1) is 16.0. The third-order valence-electron chi connectivity index (χ3n) is 4.64. The van der Waals surface area contributed by atoms with Crippen LogP contribution < -0.4 is 5.73 Å². The minimum Gasteiger partial charge on any atom is -0.466 e. The minimum absolute atomic E-state index is 0.0993. The zero-order valence-corrected chi connectivity index (χ0v) is 13.6. The summed E-state index contributed by atoms with van der Waals surface area (Å²) in [5.41, 5.74) is 7.52. The summed E-state index contributed by atoms with van der Waals surface area (Å²) >= 11 is 0. The molecule has 1 unspecified atom stereocenters. The Bertz CT molecular complexity index is 498. The SMILES string of the molecule is CCC(CN)N1CCN(C(=O)c2c(C)oc(C)c2C)CC1. The summed E-state index contributed by atoms with van der Waals surface area (Å²) in [5.74, 6) is 1.66. The molecule has 2 heterocycles. The number of aryl methyl sites for hydroxylation is 2. The van der Waals surface area contributed by atoms with Gasteiger partial charge in [0.15, 0.2) is 0 Å². The van der Waals surface area contributed by atoms with Gasteiger partial charge in [0, 0.05) is 44.3 Å². The molecule has 1 aromatic heterocycles. The van der Waals surface area contributed by atoms with Gasteiger partial charge in [0.2, 0.25) is 0 Å². The Labute approximate surface area is 127 Å². The van der Waals surface area contributed by atoms with Crippen LogP contribution in [0.15, 0.2) is 4.42 Å². The molecule has 0 saturated carbocycles. The number of furan rings is 1. The number of carbonyl (C=O) groups is 1. The molecular formula is C16H27N3O2. The Morgan fingerprint density at radius 2 is 1.81 bits per heavy atom. The van der Waals surface area contributed by atoms with Crippen LogP contribution in [-0.4, -0.2) is 54.5 Å². The van der Waals surface area contributed by atoms with E-state index in [4.69, 9.17) is 10.2 Å². The molecule has 0 bridgehead atoms. The van der Waals surface area contributed by atoms with Crippen molar-refractivity contribution >= 4 is 5.91 Å². The fourth-order valence-electron chi connectivity index (χ4n) is 3.13. The number of amides is 1. The second-order valence-corrected chi connectivity index (χ2v) is 5.84. The average Bonchev–Trinajstić information content (AvgIpc) is 2.73. The molecule has 5 nitrogen and oxygen atoms in total. The Balaban J connectivity index is 2.03. The number of nitrogens with zero attached hydrogens (tertiary/aromatic N) is 2. The first-order valence-electron chi connectivity index (χ1n) is 7.79. The Morgan fingerprint density at radius 1 is 1.19 bits per heavy atom. The maximum Gasteiger partial charge on any atom is 0.257 e. The van der Waals surface area contributed by atoms with Gasteiger partial charge in [-0.05, 0) is 27.2 Å². The van der Waals surface area contributed by atoms with Crippen molar-refractivity contribution in [1.29, 1.82) is 0 Å². The summed E-state index contributed by atoms with van der Waals surface area (Å²) in [5, 5.41) is 0. The molecule has 2 rings (SSSR count). The van der Waals surface area contributed by atoms with Crippen LogP contribution in [0.25, 0.3) is 0 Å². The third kappa shape index (κ3) is 3.14. The van der Waals surface area contributed by atoms with Crippen LogP contribution in [0.3, 0.4) is 0 Å². The van der Waals surface area contributed by atoms with Crippen LogP contribution in [0.4, 0.5) is 0 Å². The van der Waals surface area contributed by atoms with Crippen LogP contribution in [0.5, 0.6) is 0 Å². The normalized spacial score (nSPS) is 18.0. The van der Waals surface area contributed by atoms with Gasteiger partial charge in [-0.25, -0.2) is 0 Å². The van der Waals surface area contributed by atoms with E-state index < -0.39 is 0 Å². The zero-order chi connectivity index (χ0) is 15.6. The van der Waals surface area contributed by atoms with Crippen molar-refractivity contribution in [1.82, 2.24) is 9.80 Å². The van der Waals surface area contributed by atoms with E-state index in [1.807, 2.05) is 25.7 Å². The van der Waals surface area contributed by atoms with E-state index in [1.165, 1.54) is 0 Å². The van der Waals surface area contributed by atoms with Crippen molar-refractivity contribution in [2.24, 2.45) is 5.73 Å². The van der Waals surface area contributed by atoms with E-state index in [2.05, 4.69) is 11.8 Å². The minimum atomic E-state index is 0.0993. The van der Waals surface area contributed by atoms with Crippen molar-refractivity contribution in [3.63, 3.8) is 0 Å². The highest BCUT2D eigenvalue weighted by molar-refractivity contribution is 5.97. The van der Waals surface area contributed by atoms with Crippen LogP contribution in [0, 0.1) is 20.8 Å². The second kappa shape index (κ2) is 6.62. The van der Waals surface area contributed by atoms with Gasteiger partial charge in [-0.3, -0.25) is 9.69 Å². The molecule has 1 aliphatic heterocycles. The molecule has 0 spiro atoms. The summed E-state index contributed by atoms with van der Waals surface area (Å²) in [6.07, 6.45) is 1.06. The van der Waals surface area contributed by atoms with Gasteiger partial charge >= 0.3 is 0 Å². The first-order chi connectivity index (χ1) is 9.99. The highest BCUT2D eigenvalue weighted by atomic mass is 16.3. The van der Waals surface area contributed by atoms with E-state index in [9.17, 15) is 4.79 Å². The molecule has 1 aromatic rings. The van der Waals surface area contributed by atoms with Gasteiger partial charge in [-0.2, -0.15) is 0 Å². The van der Waals surface area contributed by atoms with Gasteiger partial charge in [-0.1, -0.05) is 6.92 Å². The molecule has 21 heavy (non-hydrogen) atoms. The van der Waals surface area contributed by atoms with Gasteiger partial charge in [0.1, 0.15) is 11.5 Å². The first-order valence-corrected chi connectivity index (χ1v) is 7.79. The van der Waals surface area contributed by atoms with E-state index in [1.54, 1.807) is 0 Å². The number of hydrogen-bond acceptors (Lipinski definition) is 4. The third-order valence-corrected chi connectivity index (χ3v) is 4.64. The van der Waals surface area contributed by atoms with Gasteiger partial charge < -0.3 is 15.1 Å². The van der Waals surface area contributed by atoms with Crippen molar-refractivity contribution in [2.45, 2.75) is 40.2 Å². The molecule has 1 fully saturated rings. The molecular weight excluding hydrogens is 266 g/mol. The molecule has 0 radical (unpaired) electrons. The quantitative estimate of drug-likeness (QED) is 0.918. The molecule has 118 valence electrons. The van der Waals surface area contributed by atoms with E-state index in [0.29, 0.717) is 12.6 Å². The fourth-order valence-corrected chi connectivity index (χ4v) is 3.13. The highest BCUT2D eigenvalue weighted by Crippen LogP contribution is 2.23. The van der Waals surface area contributed by atoms with Crippen molar-refractivity contribution in [3.05, 3.63) is 22.6 Å². The standard InChI is InChI=1S/C16H27N3O2/c1-5-14(10-17)18-6-8-19(9-7-18)16(20)15-11(2)12(3)21-13(15)4/h14H,5-10,17H2,1-4H3. The molecule has 1 amide bonds. The lowest BCUT2D eigenvalue weighted by atomic mass is 10.1. The van der Waals surface area contributed by atoms with Crippen LogP contribution in [0.2, 0.25) is 0 Å². The number of piperazine rings is 1. The van der Waals surface area contributed by atoms with Gasteiger partial charge in [0.25, 0.3) is 5.91 Å². The smallest absolute Gasteiger partial charge is 0.257 e. The van der Waals surface area contributed by atoms with Crippen molar-refractivity contribution in [3.8, 4) is 0 Å². The molecule has 0 aliphatic carbocycles. The predicted octanol–water partition coefficient (Wildman–Crippen LogP) is 1.70. The Hall–Kier alpha value is -1.33. The molecule has 5 heteroatoms. The van der Waals surface area contributed by atoms with E-state index in [0.717, 1.165) is 55.2 Å². The zero-order valence-electron chi connectivity index (χ0n) is 13.6. The van der Waals surface area contributed by atoms with E-state index in [-0.39, 0.29) is 5.91 Å². The van der Waals surface area contributed by atoms with Crippen molar-refractivity contribution in [2.75, 3.05) is 32.7 Å². The largest absolute Gasteiger partial charge is 0.466 e. The number of rotatable bonds is 4. The summed E-state index contributed by atoms with van der Waals surface area (Å²) in [6, 6.07) is 0.432. The van der Waals surface area contributed by atoms with Gasteiger partial charge in [-0.15, -0.1) is 0 Å². The van der Waals surface area contributed by atoms with Crippen molar-refractivity contribution < 1.29 is 9.21 Å². The van der Waals surface area contributed by atoms with Crippen LogP contribution in [0.1, 0.15) is 40.8 Å².